The van der Waals surface area contributed by atoms with Gasteiger partial charge in [0.05, 0.1) is 10.5 Å². The third-order valence-electron chi connectivity index (χ3n) is 8.97. The quantitative estimate of drug-likeness (QED) is 0.305. The number of amides is 1. The average Bonchev–Trinajstić information content (AvgIpc) is 3.15. The molecule has 15 heteroatoms. The minimum absolute atomic E-state index is 0.0248. The molecular formula is C29H34BrClN8O4S. The fraction of sp³-hybridized carbons (Fsp3) is 0.517. The summed E-state index contributed by atoms with van der Waals surface area (Å²) >= 11 is 10.6. The standard InChI is InChI=1S/C29H34BrClN8O4S/c1-28(2,3)43-27(40)32-16-10-17-9-15-11-29(15,12-16)39(17)26-24(30)33-23-19(14-38(25(23)34-26)44(41,42)36(4)5)18-7-8-21-20(22(18)31)13-37(6)35-21/h7-8,13-17H,9-12H2,1-6H3,(H,32,40)/t15?,16?,17-,29?/m1/s1. The Kier molecular flexibility index (Phi) is 6.61. The molecule has 1 amide bonds. The molecule has 5 heterocycles. The number of ether oxygens (including phenoxy) is 1. The molecule has 4 aromatic rings. The van der Waals surface area contributed by atoms with E-state index in [0.29, 0.717) is 38.0 Å². The topological polar surface area (TPSA) is 127 Å². The van der Waals surface area contributed by atoms with Crippen molar-refractivity contribution in [2.75, 3.05) is 19.0 Å². The lowest BCUT2D eigenvalue weighted by atomic mass is 9.93. The summed E-state index contributed by atoms with van der Waals surface area (Å²) in [4.78, 5) is 24.9. The van der Waals surface area contributed by atoms with Crippen LogP contribution < -0.4 is 10.2 Å². The number of hydrogen-bond donors (Lipinski definition) is 1. The van der Waals surface area contributed by atoms with Gasteiger partial charge in [-0.15, -0.1) is 0 Å². The van der Waals surface area contributed by atoms with Crippen LogP contribution in [0.15, 0.2) is 29.1 Å². The van der Waals surface area contributed by atoms with Crippen LogP contribution in [0.2, 0.25) is 5.02 Å². The molecule has 1 aliphatic carbocycles. The summed E-state index contributed by atoms with van der Waals surface area (Å²) in [6.07, 6.45) is 6.40. The first kappa shape index (κ1) is 29.8. The van der Waals surface area contributed by atoms with Crippen molar-refractivity contribution >= 4 is 71.7 Å². The summed E-state index contributed by atoms with van der Waals surface area (Å²) in [5, 5.41) is 8.73. The molecule has 2 bridgehead atoms. The number of nitrogens with zero attached hydrogens (tertiary/aromatic N) is 7. The van der Waals surface area contributed by atoms with Gasteiger partial charge < -0.3 is 15.0 Å². The zero-order chi connectivity index (χ0) is 31.5. The maximum Gasteiger partial charge on any atom is 0.407 e. The molecule has 1 N–H and O–H groups in total. The molecule has 0 radical (unpaired) electrons. The third kappa shape index (κ3) is 4.59. The Morgan fingerprint density at radius 2 is 1.91 bits per heavy atom. The normalized spacial score (nSPS) is 24.8. The van der Waals surface area contributed by atoms with Crippen LogP contribution in [-0.2, 0) is 22.0 Å². The summed E-state index contributed by atoms with van der Waals surface area (Å²) in [7, 11) is 0.830. The molecule has 1 aromatic carbocycles. The van der Waals surface area contributed by atoms with E-state index >= 15 is 0 Å². The first-order chi connectivity index (χ1) is 20.6. The number of piperidine rings is 2. The lowest BCUT2D eigenvalue weighted by Crippen LogP contribution is -2.54. The van der Waals surface area contributed by atoms with Crippen LogP contribution in [0.25, 0.3) is 33.2 Å². The van der Waals surface area contributed by atoms with Crippen molar-refractivity contribution in [1.82, 2.24) is 33.3 Å². The van der Waals surface area contributed by atoms with Gasteiger partial charge in [0, 0.05) is 67.7 Å². The highest BCUT2D eigenvalue weighted by Crippen LogP contribution is 2.65. The van der Waals surface area contributed by atoms with Crippen molar-refractivity contribution in [3.05, 3.63) is 34.2 Å². The number of fused-ring (bicyclic) bond motifs is 3. The van der Waals surface area contributed by atoms with Crippen LogP contribution in [0.1, 0.15) is 46.5 Å². The number of rotatable bonds is 5. The largest absolute Gasteiger partial charge is 0.444 e. The maximum atomic E-state index is 13.6. The smallest absolute Gasteiger partial charge is 0.407 e. The Hall–Kier alpha value is -2.94. The van der Waals surface area contributed by atoms with Crippen molar-refractivity contribution in [3.8, 4) is 11.1 Å². The van der Waals surface area contributed by atoms with Crippen LogP contribution in [0, 0.1) is 5.92 Å². The molecule has 4 atom stereocenters. The SMILES string of the molecule is CN(C)S(=O)(=O)n1cc(-c2ccc3nn(C)cc3c2Cl)c2nc(Br)c(N3[C@H]4CC(NC(=O)OC(C)(C)C)CC35CC5C4)nc21. The predicted octanol–water partition coefficient (Wildman–Crippen LogP) is 5.08. The minimum atomic E-state index is -3.96. The fourth-order valence-electron chi connectivity index (χ4n) is 7.18. The van der Waals surface area contributed by atoms with Gasteiger partial charge in [0.15, 0.2) is 11.5 Å². The van der Waals surface area contributed by atoms with E-state index in [0.717, 1.165) is 40.9 Å². The Morgan fingerprint density at radius 1 is 1.16 bits per heavy atom. The summed E-state index contributed by atoms with van der Waals surface area (Å²) in [5.74, 6) is 1.08. The Balaban J connectivity index is 1.32. The van der Waals surface area contributed by atoms with Crippen molar-refractivity contribution in [2.45, 2.75) is 69.7 Å². The highest BCUT2D eigenvalue weighted by molar-refractivity contribution is 9.10. The first-order valence-corrected chi connectivity index (χ1v) is 17.1. The van der Waals surface area contributed by atoms with E-state index in [2.05, 4.69) is 31.2 Å². The molecule has 1 saturated carbocycles. The number of halogens is 2. The Morgan fingerprint density at radius 3 is 2.59 bits per heavy atom. The number of alkyl carbamates (subject to hydrolysis) is 1. The summed E-state index contributed by atoms with van der Waals surface area (Å²) in [6, 6.07) is 3.78. The molecule has 2 aliphatic heterocycles. The van der Waals surface area contributed by atoms with E-state index < -0.39 is 21.9 Å². The number of hydrogen-bond acceptors (Lipinski definition) is 8. The van der Waals surface area contributed by atoms with Gasteiger partial charge >= 0.3 is 16.3 Å². The number of aryl methyl sites for hydroxylation is 1. The Labute approximate surface area is 269 Å². The van der Waals surface area contributed by atoms with E-state index in [4.69, 9.17) is 26.3 Å². The van der Waals surface area contributed by atoms with Crippen LogP contribution in [0.4, 0.5) is 10.6 Å². The van der Waals surface area contributed by atoms with E-state index in [1.165, 1.54) is 18.1 Å². The minimum Gasteiger partial charge on any atom is -0.444 e. The lowest BCUT2D eigenvalue weighted by Gasteiger charge is -2.43. The zero-order valence-electron chi connectivity index (χ0n) is 25.3. The average molecular weight is 706 g/mol. The number of nitrogens with one attached hydrogen (secondary N) is 1. The Bertz CT molecular complexity index is 1970. The third-order valence-corrected chi connectivity index (χ3v) is 11.6. The van der Waals surface area contributed by atoms with Crippen molar-refractivity contribution in [2.24, 2.45) is 13.0 Å². The second kappa shape index (κ2) is 9.78. The van der Waals surface area contributed by atoms with E-state index in [1.54, 1.807) is 10.9 Å². The van der Waals surface area contributed by atoms with Gasteiger partial charge in [0.2, 0.25) is 0 Å². The predicted molar refractivity (Wildman–Crippen MR) is 172 cm³/mol. The summed E-state index contributed by atoms with van der Waals surface area (Å²) in [6.45, 7) is 5.55. The number of carbonyl (C=O) groups excluding carboxylic acids is 1. The van der Waals surface area contributed by atoms with E-state index in [1.807, 2.05) is 46.1 Å². The second-order valence-corrected chi connectivity index (χ2v) is 16.5. The van der Waals surface area contributed by atoms with Crippen molar-refractivity contribution < 1.29 is 17.9 Å². The summed E-state index contributed by atoms with van der Waals surface area (Å²) < 4.78 is 37.3. The molecule has 1 spiro atoms. The van der Waals surface area contributed by atoms with Crippen molar-refractivity contribution in [1.29, 1.82) is 0 Å². The van der Waals surface area contributed by atoms with E-state index in [-0.39, 0.29) is 23.3 Å². The van der Waals surface area contributed by atoms with Gasteiger partial charge in [-0.05, 0) is 74.4 Å². The summed E-state index contributed by atoms with van der Waals surface area (Å²) in [5.41, 5.74) is 1.79. The molecule has 3 aromatic heterocycles. The van der Waals surface area contributed by atoms with E-state index in [9.17, 15) is 13.2 Å². The van der Waals surface area contributed by atoms with Crippen molar-refractivity contribution in [3.63, 3.8) is 0 Å². The molecule has 12 nitrogen and oxygen atoms in total. The highest BCUT2D eigenvalue weighted by atomic mass is 79.9. The molecule has 7 rings (SSSR count). The molecule has 234 valence electrons. The number of anilines is 1. The fourth-order valence-corrected chi connectivity index (χ4v) is 8.88. The van der Waals surface area contributed by atoms with Gasteiger partial charge in [-0.3, -0.25) is 4.68 Å². The molecule has 3 aliphatic rings. The zero-order valence-corrected chi connectivity index (χ0v) is 28.5. The number of aromatic nitrogens is 5. The number of benzene rings is 1. The molecule has 2 saturated heterocycles. The second-order valence-electron chi connectivity index (χ2n) is 13.3. The van der Waals surface area contributed by atoms with Crippen LogP contribution in [-0.4, -0.2) is 79.9 Å². The van der Waals surface area contributed by atoms with Crippen LogP contribution in [0.3, 0.4) is 0 Å². The van der Waals surface area contributed by atoms with Gasteiger partial charge in [-0.25, -0.2) is 18.7 Å². The van der Waals surface area contributed by atoms with Crippen LogP contribution in [0.5, 0.6) is 0 Å². The molecule has 44 heavy (non-hydrogen) atoms. The highest BCUT2D eigenvalue weighted by Gasteiger charge is 2.69. The molecular weight excluding hydrogens is 672 g/mol. The molecule has 3 unspecified atom stereocenters. The monoisotopic (exact) mass is 704 g/mol. The van der Waals surface area contributed by atoms with Gasteiger partial charge in [0.25, 0.3) is 0 Å². The number of carbonyl (C=O) groups is 1. The van der Waals surface area contributed by atoms with Gasteiger partial charge in [-0.2, -0.15) is 17.8 Å². The van der Waals surface area contributed by atoms with Gasteiger partial charge in [0.1, 0.15) is 15.7 Å². The molecule has 3 fully saturated rings. The lowest BCUT2D eigenvalue weighted by molar-refractivity contribution is 0.0489. The first-order valence-electron chi connectivity index (χ1n) is 14.5. The van der Waals surface area contributed by atoms with Crippen LogP contribution >= 0.6 is 27.5 Å². The van der Waals surface area contributed by atoms with Gasteiger partial charge in [-0.1, -0.05) is 17.7 Å². The maximum absolute atomic E-state index is 13.6.